The summed E-state index contributed by atoms with van der Waals surface area (Å²) in [5, 5.41) is 1.51. The summed E-state index contributed by atoms with van der Waals surface area (Å²) < 4.78 is 0. The highest BCUT2D eigenvalue weighted by molar-refractivity contribution is 8.17. The van der Waals surface area contributed by atoms with Gasteiger partial charge in [0.05, 0.1) is 0 Å². The van der Waals surface area contributed by atoms with Crippen LogP contribution in [0.1, 0.15) is 5.56 Å². The standard InChI is InChI=1S/C9H9P3/c1-7-2-4-8(5-3-7)9-6-10-12-11-9/h2-6,10H,1H3. The van der Waals surface area contributed by atoms with Gasteiger partial charge in [0, 0.05) is 5.30 Å². The molecule has 2 aromatic rings. The molecule has 0 spiro atoms. The Labute approximate surface area is 77.1 Å². The molecular formula is C9H9P3. The summed E-state index contributed by atoms with van der Waals surface area (Å²) in [5.74, 6) is 2.37. The lowest BCUT2D eigenvalue weighted by Crippen LogP contribution is -1.72. The van der Waals surface area contributed by atoms with Crippen LogP contribution in [-0.2, 0) is 0 Å². The molecule has 0 aliphatic rings. The van der Waals surface area contributed by atoms with Gasteiger partial charge in [-0.25, -0.2) is 0 Å². The lowest BCUT2D eigenvalue weighted by molar-refractivity contribution is 1.48. The third-order valence-corrected chi connectivity index (χ3v) is 6.86. The summed E-state index contributed by atoms with van der Waals surface area (Å²) in [7, 11) is 4.05. The Morgan fingerprint density at radius 2 is 1.92 bits per heavy atom. The number of benzene rings is 1. The van der Waals surface area contributed by atoms with Gasteiger partial charge in [-0.3, -0.25) is 0 Å². The first-order valence-electron chi connectivity index (χ1n) is 3.80. The molecule has 0 amide bonds. The summed E-state index contributed by atoms with van der Waals surface area (Å²) in [5.41, 5.74) is 2.74. The summed E-state index contributed by atoms with van der Waals surface area (Å²) in [6.45, 7) is 2.13. The first-order chi connectivity index (χ1) is 5.86. The van der Waals surface area contributed by atoms with Crippen LogP contribution in [0.4, 0.5) is 0 Å². The lowest BCUT2D eigenvalue weighted by Gasteiger charge is -1.96. The van der Waals surface area contributed by atoms with E-state index >= 15 is 0 Å². The second-order valence-corrected chi connectivity index (χ2v) is 7.93. The fourth-order valence-corrected chi connectivity index (χ4v) is 6.51. The van der Waals surface area contributed by atoms with Crippen LogP contribution >= 0.6 is 23.3 Å². The monoisotopic (exact) mass is 210 g/mol. The second kappa shape index (κ2) is 3.71. The van der Waals surface area contributed by atoms with E-state index in [9.17, 15) is 0 Å². The largest absolute Gasteiger partial charge is 0.105 e. The minimum atomic E-state index is 1.01. The number of rotatable bonds is 1. The Morgan fingerprint density at radius 1 is 1.17 bits per heavy atom. The van der Waals surface area contributed by atoms with Crippen molar-refractivity contribution < 1.29 is 0 Å². The normalized spacial score (nSPS) is 12.1. The van der Waals surface area contributed by atoms with Crippen molar-refractivity contribution in [1.29, 1.82) is 0 Å². The zero-order valence-corrected chi connectivity index (χ0v) is 9.57. The molecule has 60 valence electrons. The molecule has 0 aliphatic carbocycles. The predicted molar refractivity (Wildman–Crippen MR) is 61.1 cm³/mol. The first-order valence-corrected chi connectivity index (χ1v) is 8.21. The fourth-order valence-electron chi connectivity index (χ4n) is 1.07. The molecule has 1 aromatic carbocycles. The Morgan fingerprint density at radius 3 is 2.50 bits per heavy atom. The van der Waals surface area contributed by atoms with Gasteiger partial charge in [-0.2, -0.15) is 0 Å². The second-order valence-electron chi connectivity index (χ2n) is 2.72. The maximum Gasteiger partial charge on any atom is 0.0179 e. The lowest BCUT2D eigenvalue weighted by atomic mass is 10.1. The van der Waals surface area contributed by atoms with Crippen molar-refractivity contribution in [3.05, 3.63) is 35.6 Å². The van der Waals surface area contributed by atoms with E-state index in [1.807, 2.05) is 0 Å². The summed E-state index contributed by atoms with van der Waals surface area (Å²) >= 11 is 0. The van der Waals surface area contributed by atoms with Crippen molar-refractivity contribution in [2.75, 3.05) is 0 Å². The third-order valence-electron chi connectivity index (χ3n) is 1.76. The minimum Gasteiger partial charge on any atom is -0.105 e. The van der Waals surface area contributed by atoms with E-state index in [4.69, 9.17) is 0 Å². The van der Waals surface area contributed by atoms with Gasteiger partial charge in [0.2, 0.25) is 0 Å². The van der Waals surface area contributed by atoms with Gasteiger partial charge < -0.3 is 0 Å². The number of hydrogen-bond acceptors (Lipinski definition) is 0. The van der Waals surface area contributed by atoms with Gasteiger partial charge in [0.15, 0.2) is 0 Å². The van der Waals surface area contributed by atoms with E-state index in [-0.39, 0.29) is 0 Å². The molecule has 1 aromatic heterocycles. The van der Waals surface area contributed by atoms with Gasteiger partial charge in [-0.05, 0) is 33.7 Å². The fraction of sp³-hybridized carbons (Fsp3) is 0.111. The molecule has 0 aliphatic heterocycles. The van der Waals surface area contributed by atoms with E-state index in [0.717, 1.165) is 7.87 Å². The van der Waals surface area contributed by atoms with Crippen molar-refractivity contribution in [3.63, 3.8) is 0 Å². The van der Waals surface area contributed by atoms with E-state index < -0.39 is 0 Å². The van der Waals surface area contributed by atoms with Gasteiger partial charge >= 0.3 is 0 Å². The van der Waals surface area contributed by atoms with E-state index in [2.05, 4.69) is 37.0 Å². The summed E-state index contributed by atoms with van der Waals surface area (Å²) in [4.78, 5) is 0. The number of hydrogen-bond donors (Lipinski definition) is 0. The van der Waals surface area contributed by atoms with Crippen LogP contribution in [-0.4, -0.2) is 0 Å². The van der Waals surface area contributed by atoms with Crippen molar-refractivity contribution in [1.82, 2.24) is 0 Å². The molecule has 2 rings (SSSR count). The van der Waals surface area contributed by atoms with Crippen LogP contribution in [0.5, 0.6) is 0 Å². The quantitative estimate of drug-likeness (QED) is 0.630. The van der Waals surface area contributed by atoms with Gasteiger partial charge in [0.25, 0.3) is 0 Å². The SMILES string of the molecule is Cc1ccc(-c2c[pH]pp2)cc1. The number of aryl methyl sites for hydroxylation is 1. The topological polar surface area (TPSA) is 0 Å². The van der Waals surface area contributed by atoms with Crippen LogP contribution < -0.4 is 0 Å². The highest BCUT2D eigenvalue weighted by Crippen LogP contribution is 2.42. The molecule has 1 heterocycles. The third kappa shape index (κ3) is 1.78. The zero-order chi connectivity index (χ0) is 8.39. The summed E-state index contributed by atoms with van der Waals surface area (Å²) in [6.07, 6.45) is 0. The predicted octanol–water partition coefficient (Wildman–Crippen LogP) is 4.85. The van der Waals surface area contributed by atoms with Crippen LogP contribution in [0.25, 0.3) is 10.9 Å². The van der Waals surface area contributed by atoms with E-state index in [0.29, 0.717) is 0 Å². The molecule has 0 bridgehead atoms. The average Bonchev–Trinajstić information content (AvgIpc) is 2.58. The molecule has 0 saturated carbocycles. The highest BCUT2D eigenvalue weighted by atomic mass is 32.1. The van der Waals surface area contributed by atoms with Crippen molar-refractivity contribution >= 4 is 23.3 Å². The van der Waals surface area contributed by atoms with Crippen molar-refractivity contribution in [2.45, 2.75) is 6.92 Å². The average molecular weight is 210 g/mol. The molecule has 0 nitrogen and oxygen atoms in total. The smallest absolute Gasteiger partial charge is 0.0179 e. The molecule has 12 heavy (non-hydrogen) atoms. The van der Waals surface area contributed by atoms with Gasteiger partial charge in [-0.15, -0.1) is 7.87 Å². The van der Waals surface area contributed by atoms with E-state index in [1.54, 1.807) is 7.55 Å². The van der Waals surface area contributed by atoms with Crippen LogP contribution in [0.2, 0.25) is 0 Å². The Balaban J connectivity index is 2.43. The van der Waals surface area contributed by atoms with Crippen LogP contribution in [0.3, 0.4) is 0 Å². The maximum absolute atomic E-state index is 2.37. The van der Waals surface area contributed by atoms with Crippen molar-refractivity contribution in [2.24, 2.45) is 0 Å². The molecule has 0 fully saturated rings. The molecule has 0 radical (unpaired) electrons. The summed E-state index contributed by atoms with van der Waals surface area (Å²) in [6, 6.07) is 8.81. The Hall–Kier alpha value is -0.140. The first kappa shape index (κ1) is 8.46. The van der Waals surface area contributed by atoms with Crippen LogP contribution in [0, 0.1) is 6.92 Å². The molecule has 0 saturated heterocycles. The Kier molecular flexibility index (Phi) is 2.62. The molecule has 1 unspecified atom stereocenters. The molecular weight excluding hydrogens is 201 g/mol. The molecule has 1 atom stereocenters. The molecule has 3 heteroatoms. The Bertz CT molecular complexity index is 348. The minimum absolute atomic E-state index is 1.01. The molecule has 0 N–H and O–H groups in total. The zero-order valence-electron chi connectivity index (χ0n) is 6.78. The highest BCUT2D eigenvalue weighted by Gasteiger charge is 1.95. The van der Waals surface area contributed by atoms with Gasteiger partial charge in [0.1, 0.15) is 0 Å². The van der Waals surface area contributed by atoms with E-state index in [1.165, 1.54) is 24.3 Å². The van der Waals surface area contributed by atoms with Gasteiger partial charge in [-0.1, -0.05) is 29.8 Å². The van der Waals surface area contributed by atoms with Crippen LogP contribution in [0.15, 0.2) is 30.1 Å². The van der Waals surface area contributed by atoms with Crippen molar-refractivity contribution in [3.8, 4) is 10.9 Å². The maximum atomic E-state index is 2.37.